The third-order valence-electron chi connectivity index (χ3n) is 4.76. The van der Waals surface area contributed by atoms with Crippen LogP contribution in [0.4, 0.5) is 0 Å². The van der Waals surface area contributed by atoms with Gasteiger partial charge in [0, 0.05) is 46.0 Å². The minimum atomic E-state index is -0.0683. The van der Waals surface area contributed by atoms with Crippen LogP contribution in [-0.2, 0) is 11.3 Å². The predicted octanol–water partition coefficient (Wildman–Crippen LogP) is 2.26. The quantitative estimate of drug-likeness (QED) is 0.578. The molecule has 144 valence electrons. The number of carbonyl (C=O) groups excluding carboxylic acids is 1. The van der Waals surface area contributed by atoms with Crippen molar-refractivity contribution in [1.29, 1.82) is 0 Å². The molecule has 1 aliphatic rings. The number of nitrogens with zero attached hydrogens (tertiary/aromatic N) is 2. The molecule has 2 N–H and O–H groups in total. The normalized spacial score (nSPS) is 15.6. The SMILES string of the molecule is CCNC(=NCc1ccc(C(=O)NC)cc1)N(C)CCC1CCOCC1. The lowest BCUT2D eigenvalue weighted by atomic mass is 9.96. The summed E-state index contributed by atoms with van der Waals surface area (Å²) in [5.74, 6) is 1.61. The van der Waals surface area contributed by atoms with Crippen LogP contribution in [0.25, 0.3) is 0 Å². The summed E-state index contributed by atoms with van der Waals surface area (Å²) in [6.45, 7) is 6.31. The summed E-state index contributed by atoms with van der Waals surface area (Å²) < 4.78 is 5.44. The first-order valence-corrected chi connectivity index (χ1v) is 9.52. The molecule has 1 aromatic carbocycles. The van der Waals surface area contributed by atoms with Gasteiger partial charge in [0.15, 0.2) is 5.96 Å². The van der Waals surface area contributed by atoms with E-state index in [2.05, 4.69) is 29.5 Å². The van der Waals surface area contributed by atoms with E-state index in [0.717, 1.165) is 43.7 Å². The van der Waals surface area contributed by atoms with E-state index in [1.165, 1.54) is 19.3 Å². The highest BCUT2D eigenvalue weighted by molar-refractivity contribution is 5.93. The highest BCUT2D eigenvalue weighted by atomic mass is 16.5. The monoisotopic (exact) mass is 360 g/mol. The van der Waals surface area contributed by atoms with E-state index < -0.39 is 0 Å². The number of guanidine groups is 1. The lowest BCUT2D eigenvalue weighted by Gasteiger charge is -2.26. The number of hydrogen-bond acceptors (Lipinski definition) is 3. The molecule has 0 bridgehead atoms. The fourth-order valence-electron chi connectivity index (χ4n) is 3.06. The van der Waals surface area contributed by atoms with Crippen molar-refractivity contribution in [3.05, 3.63) is 35.4 Å². The molecule has 0 saturated carbocycles. The van der Waals surface area contributed by atoms with Crippen LogP contribution in [0.1, 0.15) is 42.1 Å². The zero-order chi connectivity index (χ0) is 18.8. The molecule has 1 saturated heterocycles. The zero-order valence-electron chi connectivity index (χ0n) is 16.3. The molecule has 6 nitrogen and oxygen atoms in total. The van der Waals surface area contributed by atoms with Gasteiger partial charge in [-0.05, 0) is 49.8 Å². The molecule has 0 spiro atoms. The van der Waals surface area contributed by atoms with Crippen molar-refractivity contribution in [2.45, 2.75) is 32.7 Å². The molecule has 0 radical (unpaired) electrons. The highest BCUT2D eigenvalue weighted by Gasteiger charge is 2.15. The van der Waals surface area contributed by atoms with Crippen LogP contribution in [0.5, 0.6) is 0 Å². The van der Waals surface area contributed by atoms with Crippen LogP contribution >= 0.6 is 0 Å². The molecule has 1 fully saturated rings. The standard InChI is InChI=1S/C20H32N4O2/c1-4-22-20(24(3)12-9-16-10-13-26-14-11-16)23-15-17-5-7-18(8-6-17)19(25)21-2/h5-8,16H,4,9-15H2,1-3H3,(H,21,25)(H,22,23). The van der Waals surface area contributed by atoms with Crippen LogP contribution in [0.3, 0.4) is 0 Å². The summed E-state index contributed by atoms with van der Waals surface area (Å²) in [5.41, 5.74) is 1.76. The Kier molecular flexibility index (Phi) is 8.41. The first kappa shape index (κ1) is 20.2. The molecule has 0 aliphatic carbocycles. The number of hydrogen-bond donors (Lipinski definition) is 2. The van der Waals surface area contributed by atoms with Gasteiger partial charge in [-0.15, -0.1) is 0 Å². The Morgan fingerprint density at radius 1 is 1.27 bits per heavy atom. The van der Waals surface area contributed by atoms with Crippen LogP contribution < -0.4 is 10.6 Å². The summed E-state index contributed by atoms with van der Waals surface area (Å²) in [6, 6.07) is 7.59. The maximum Gasteiger partial charge on any atom is 0.251 e. The largest absolute Gasteiger partial charge is 0.381 e. The van der Waals surface area contributed by atoms with Gasteiger partial charge in [0.2, 0.25) is 0 Å². The molecule has 0 atom stereocenters. The summed E-state index contributed by atoms with van der Waals surface area (Å²) >= 11 is 0. The smallest absolute Gasteiger partial charge is 0.251 e. The molecule has 1 aliphatic heterocycles. The van der Waals surface area contributed by atoms with Gasteiger partial charge in [-0.1, -0.05) is 12.1 Å². The van der Waals surface area contributed by atoms with Crippen LogP contribution in [0.15, 0.2) is 29.3 Å². The Morgan fingerprint density at radius 2 is 1.96 bits per heavy atom. The molecule has 6 heteroatoms. The topological polar surface area (TPSA) is 66.0 Å². The van der Waals surface area contributed by atoms with Gasteiger partial charge in [-0.25, -0.2) is 4.99 Å². The average molecular weight is 361 g/mol. The molecule has 1 aromatic rings. The van der Waals surface area contributed by atoms with Gasteiger partial charge in [0.05, 0.1) is 6.54 Å². The molecular formula is C20H32N4O2. The van der Waals surface area contributed by atoms with E-state index >= 15 is 0 Å². The van der Waals surface area contributed by atoms with Crippen LogP contribution in [0.2, 0.25) is 0 Å². The Hall–Kier alpha value is -2.08. The van der Waals surface area contributed by atoms with E-state index in [1.54, 1.807) is 7.05 Å². The zero-order valence-corrected chi connectivity index (χ0v) is 16.3. The van der Waals surface area contributed by atoms with Gasteiger partial charge in [0.1, 0.15) is 0 Å². The van der Waals surface area contributed by atoms with E-state index in [0.29, 0.717) is 12.1 Å². The molecular weight excluding hydrogens is 328 g/mol. The summed E-state index contributed by atoms with van der Waals surface area (Å²) in [5, 5.41) is 6.00. The van der Waals surface area contributed by atoms with E-state index in [1.807, 2.05) is 24.3 Å². The minimum absolute atomic E-state index is 0.0683. The number of ether oxygens (including phenoxy) is 1. The van der Waals surface area contributed by atoms with E-state index in [-0.39, 0.29) is 5.91 Å². The van der Waals surface area contributed by atoms with Crippen molar-refractivity contribution >= 4 is 11.9 Å². The molecule has 1 heterocycles. The van der Waals surface area contributed by atoms with Gasteiger partial charge in [-0.3, -0.25) is 4.79 Å². The van der Waals surface area contributed by atoms with Crippen LogP contribution in [-0.4, -0.2) is 57.2 Å². The molecule has 1 amide bonds. The lowest BCUT2D eigenvalue weighted by Crippen LogP contribution is -2.40. The maximum atomic E-state index is 11.6. The van der Waals surface area contributed by atoms with Crippen molar-refractivity contribution in [3.8, 4) is 0 Å². The predicted molar refractivity (Wildman–Crippen MR) is 105 cm³/mol. The Bertz CT molecular complexity index is 580. The number of amides is 1. The summed E-state index contributed by atoms with van der Waals surface area (Å²) in [6.07, 6.45) is 3.50. The Balaban J connectivity index is 1.90. The minimum Gasteiger partial charge on any atom is -0.381 e. The fraction of sp³-hybridized carbons (Fsp3) is 0.600. The van der Waals surface area contributed by atoms with Crippen molar-refractivity contribution in [2.24, 2.45) is 10.9 Å². The first-order valence-electron chi connectivity index (χ1n) is 9.52. The van der Waals surface area contributed by atoms with Gasteiger partial charge >= 0.3 is 0 Å². The number of carbonyl (C=O) groups is 1. The second-order valence-electron chi connectivity index (χ2n) is 6.71. The van der Waals surface area contributed by atoms with Crippen molar-refractivity contribution in [2.75, 3.05) is 40.4 Å². The highest BCUT2D eigenvalue weighted by Crippen LogP contribution is 2.18. The Morgan fingerprint density at radius 3 is 2.58 bits per heavy atom. The summed E-state index contributed by atoms with van der Waals surface area (Å²) in [4.78, 5) is 18.6. The second kappa shape index (κ2) is 10.8. The molecule has 0 unspecified atom stereocenters. The van der Waals surface area contributed by atoms with Gasteiger partial charge in [0.25, 0.3) is 5.91 Å². The molecule has 0 aromatic heterocycles. The van der Waals surface area contributed by atoms with Gasteiger partial charge < -0.3 is 20.3 Å². The third-order valence-corrected chi connectivity index (χ3v) is 4.76. The second-order valence-corrected chi connectivity index (χ2v) is 6.71. The average Bonchev–Trinajstić information content (AvgIpc) is 2.70. The first-order chi connectivity index (χ1) is 12.6. The maximum absolute atomic E-state index is 11.6. The third kappa shape index (κ3) is 6.33. The molecule has 2 rings (SSSR count). The van der Waals surface area contributed by atoms with E-state index in [4.69, 9.17) is 9.73 Å². The number of nitrogens with one attached hydrogen (secondary N) is 2. The Labute approximate surface area is 157 Å². The van der Waals surface area contributed by atoms with Crippen LogP contribution in [0, 0.1) is 5.92 Å². The van der Waals surface area contributed by atoms with Crippen molar-refractivity contribution < 1.29 is 9.53 Å². The van der Waals surface area contributed by atoms with Gasteiger partial charge in [-0.2, -0.15) is 0 Å². The van der Waals surface area contributed by atoms with Crippen molar-refractivity contribution in [1.82, 2.24) is 15.5 Å². The number of benzene rings is 1. The van der Waals surface area contributed by atoms with E-state index in [9.17, 15) is 4.79 Å². The lowest BCUT2D eigenvalue weighted by molar-refractivity contribution is 0.0625. The number of rotatable bonds is 7. The van der Waals surface area contributed by atoms with Crippen molar-refractivity contribution in [3.63, 3.8) is 0 Å². The number of aliphatic imine (C=N–C) groups is 1. The summed E-state index contributed by atoms with van der Waals surface area (Å²) in [7, 11) is 3.73. The molecule has 26 heavy (non-hydrogen) atoms. The fourth-order valence-corrected chi connectivity index (χ4v) is 3.06.